The van der Waals surface area contributed by atoms with Crippen LogP contribution in [-0.2, 0) is 16.2 Å². The Morgan fingerprint density at radius 2 is 1.64 bits per heavy atom. The van der Waals surface area contributed by atoms with E-state index in [4.69, 9.17) is 0 Å². The summed E-state index contributed by atoms with van der Waals surface area (Å²) < 4.78 is 63.4. The monoisotopic (exact) mass is 372 g/mol. The molecule has 0 atom stereocenters. The number of amides is 1. The number of alkyl halides is 3. The molecular formula is C16H15F3N2O3S. The second-order valence-electron chi connectivity index (χ2n) is 5.21. The van der Waals surface area contributed by atoms with Crippen LogP contribution in [0.3, 0.4) is 0 Å². The molecule has 0 heterocycles. The Labute approximate surface area is 142 Å². The zero-order valence-corrected chi connectivity index (χ0v) is 14.1. The van der Waals surface area contributed by atoms with Gasteiger partial charge in [0.15, 0.2) is 0 Å². The molecule has 9 heteroatoms. The van der Waals surface area contributed by atoms with Crippen molar-refractivity contribution in [3.8, 4) is 0 Å². The minimum Gasteiger partial charge on any atom is -0.322 e. The Kier molecular flexibility index (Phi) is 5.19. The molecule has 0 aromatic heterocycles. The quantitative estimate of drug-likeness (QED) is 0.866. The van der Waals surface area contributed by atoms with Gasteiger partial charge in [-0.2, -0.15) is 13.2 Å². The van der Waals surface area contributed by atoms with Crippen LogP contribution in [-0.4, -0.2) is 21.4 Å². The van der Waals surface area contributed by atoms with E-state index in [-0.39, 0.29) is 16.1 Å². The molecule has 25 heavy (non-hydrogen) atoms. The lowest BCUT2D eigenvalue weighted by molar-refractivity contribution is -0.137. The van der Waals surface area contributed by atoms with Crippen molar-refractivity contribution in [1.82, 2.24) is 4.72 Å². The first-order chi connectivity index (χ1) is 11.5. The highest BCUT2D eigenvalue weighted by Gasteiger charge is 2.30. The summed E-state index contributed by atoms with van der Waals surface area (Å²) in [6.45, 7) is 1.62. The molecule has 0 fully saturated rings. The zero-order valence-electron chi connectivity index (χ0n) is 13.3. The number of carbonyl (C=O) groups is 1. The van der Waals surface area contributed by atoms with Crippen molar-refractivity contribution < 1.29 is 26.4 Å². The summed E-state index contributed by atoms with van der Waals surface area (Å²) in [5, 5.41) is 2.45. The maximum Gasteiger partial charge on any atom is 0.416 e. The third-order valence-electron chi connectivity index (χ3n) is 3.50. The SMILES string of the molecule is CNS(=O)(=O)c1ccc(C)c(C(=O)Nc2ccc(C(F)(F)F)cc2)c1. The Hall–Kier alpha value is -2.39. The summed E-state index contributed by atoms with van der Waals surface area (Å²) in [5.41, 5.74) is -0.0289. The van der Waals surface area contributed by atoms with E-state index in [0.717, 1.165) is 24.3 Å². The molecular weight excluding hydrogens is 357 g/mol. The van der Waals surface area contributed by atoms with Crippen LogP contribution in [0.5, 0.6) is 0 Å². The molecule has 2 N–H and O–H groups in total. The second kappa shape index (κ2) is 6.85. The molecule has 5 nitrogen and oxygen atoms in total. The molecule has 1 amide bonds. The highest BCUT2D eigenvalue weighted by Crippen LogP contribution is 2.30. The van der Waals surface area contributed by atoms with Crippen LogP contribution in [0.2, 0.25) is 0 Å². The van der Waals surface area contributed by atoms with E-state index in [1.54, 1.807) is 6.92 Å². The Bertz CT molecular complexity index is 892. The van der Waals surface area contributed by atoms with E-state index < -0.39 is 27.7 Å². The highest BCUT2D eigenvalue weighted by molar-refractivity contribution is 7.89. The highest BCUT2D eigenvalue weighted by atomic mass is 32.2. The van der Waals surface area contributed by atoms with Gasteiger partial charge in [0.2, 0.25) is 10.0 Å². The molecule has 0 spiro atoms. The van der Waals surface area contributed by atoms with Crippen molar-refractivity contribution in [2.24, 2.45) is 0 Å². The first-order valence-corrected chi connectivity index (χ1v) is 8.56. The Morgan fingerprint density at radius 3 is 2.16 bits per heavy atom. The number of hydrogen-bond donors (Lipinski definition) is 2. The van der Waals surface area contributed by atoms with E-state index in [0.29, 0.717) is 5.56 Å². The van der Waals surface area contributed by atoms with Crippen molar-refractivity contribution in [1.29, 1.82) is 0 Å². The van der Waals surface area contributed by atoms with Crippen molar-refractivity contribution in [3.63, 3.8) is 0 Å². The van der Waals surface area contributed by atoms with Gasteiger partial charge < -0.3 is 5.32 Å². The molecule has 0 saturated carbocycles. The standard InChI is InChI=1S/C16H15F3N2O3S/c1-10-3-8-13(25(23,24)20-2)9-14(10)15(22)21-12-6-4-11(5-7-12)16(17,18)19/h3-9,20H,1-2H3,(H,21,22). The van der Waals surface area contributed by atoms with E-state index in [2.05, 4.69) is 10.0 Å². The van der Waals surface area contributed by atoms with E-state index >= 15 is 0 Å². The van der Waals surface area contributed by atoms with Gasteiger partial charge in [0.25, 0.3) is 5.91 Å². The fourth-order valence-corrected chi connectivity index (χ4v) is 2.83. The molecule has 0 bridgehead atoms. The van der Waals surface area contributed by atoms with Gasteiger partial charge in [0.05, 0.1) is 10.5 Å². The molecule has 0 saturated heterocycles. The number of nitrogens with one attached hydrogen (secondary N) is 2. The number of aryl methyl sites for hydroxylation is 1. The summed E-state index contributed by atoms with van der Waals surface area (Å²) in [7, 11) is -2.47. The summed E-state index contributed by atoms with van der Waals surface area (Å²) in [6, 6.07) is 8.01. The van der Waals surface area contributed by atoms with Gasteiger partial charge in [-0.1, -0.05) is 6.07 Å². The predicted molar refractivity (Wildman–Crippen MR) is 86.8 cm³/mol. The second-order valence-corrected chi connectivity index (χ2v) is 7.10. The largest absolute Gasteiger partial charge is 0.416 e. The predicted octanol–water partition coefficient (Wildman–Crippen LogP) is 3.17. The van der Waals surface area contributed by atoms with Crippen LogP contribution in [0, 0.1) is 6.92 Å². The third-order valence-corrected chi connectivity index (χ3v) is 4.91. The van der Waals surface area contributed by atoms with Crippen LogP contribution in [0.25, 0.3) is 0 Å². The Balaban J connectivity index is 2.28. The van der Waals surface area contributed by atoms with Crippen LogP contribution < -0.4 is 10.0 Å². The molecule has 0 aliphatic carbocycles. The van der Waals surface area contributed by atoms with E-state index in [1.807, 2.05) is 0 Å². The molecule has 2 aromatic carbocycles. The topological polar surface area (TPSA) is 75.3 Å². The van der Waals surface area contributed by atoms with Crippen LogP contribution in [0.15, 0.2) is 47.4 Å². The number of halogens is 3. The lowest BCUT2D eigenvalue weighted by Crippen LogP contribution is -2.20. The minimum absolute atomic E-state index is 0.0850. The average molecular weight is 372 g/mol. The lowest BCUT2D eigenvalue weighted by atomic mass is 10.1. The molecule has 0 radical (unpaired) electrons. The van der Waals surface area contributed by atoms with E-state index in [1.165, 1.54) is 25.2 Å². The number of carbonyl (C=O) groups excluding carboxylic acids is 1. The van der Waals surface area contributed by atoms with E-state index in [9.17, 15) is 26.4 Å². The van der Waals surface area contributed by atoms with Crippen molar-refractivity contribution in [2.75, 3.05) is 12.4 Å². The van der Waals surface area contributed by atoms with Crippen LogP contribution in [0.4, 0.5) is 18.9 Å². The van der Waals surface area contributed by atoms with Crippen molar-refractivity contribution in [3.05, 3.63) is 59.2 Å². The van der Waals surface area contributed by atoms with Gasteiger partial charge in [-0.15, -0.1) is 0 Å². The summed E-state index contributed by atoms with van der Waals surface area (Å²) in [4.78, 5) is 12.3. The third kappa shape index (κ3) is 4.37. The molecule has 0 aliphatic heterocycles. The number of anilines is 1. The maximum absolute atomic E-state index is 12.5. The van der Waals surface area contributed by atoms with Gasteiger partial charge in [-0.05, 0) is 55.9 Å². The van der Waals surface area contributed by atoms with Gasteiger partial charge in [0, 0.05) is 11.3 Å². The maximum atomic E-state index is 12.5. The number of rotatable bonds is 4. The number of hydrogen-bond acceptors (Lipinski definition) is 3. The van der Waals surface area contributed by atoms with Gasteiger partial charge in [-0.3, -0.25) is 4.79 Å². The number of sulfonamides is 1. The smallest absolute Gasteiger partial charge is 0.322 e. The molecule has 2 aromatic rings. The van der Waals surface area contributed by atoms with Gasteiger partial charge in [0.1, 0.15) is 0 Å². The summed E-state index contributed by atoms with van der Waals surface area (Å²) in [6.07, 6.45) is -4.46. The van der Waals surface area contributed by atoms with Gasteiger partial charge in [-0.25, -0.2) is 13.1 Å². The molecule has 134 valence electrons. The summed E-state index contributed by atoms with van der Waals surface area (Å²) >= 11 is 0. The minimum atomic E-state index is -4.46. The zero-order chi connectivity index (χ0) is 18.8. The molecule has 0 unspecified atom stereocenters. The number of benzene rings is 2. The average Bonchev–Trinajstić information content (AvgIpc) is 2.54. The van der Waals surface area contributed by atoms with Crippen molar-refractivity contribution >= 4 is 21.6 Å². The van der Waals surface area contributed by atoms with Crippen LogP contribution in [0.1, 0.15) is 21.5 Å². The van der Waals surface area contributed by atoms with Crippen LogP contribution >= 0.6 is 0 Å². The van der Waals surface area contributed by atoms with Gasteiger partial charge >= 0.3 is 6.18 Å². The lowest BCUT2D eigenvalue weighted by Gasteiger charge is -2.11. The summed E-state index contributed by atoms with van der Waals surface area (Å²) in [5.74, 6) is -0.620. The molecule has 0 aliphatic rings. The first-order valence-electron chi connectivity index (χ1n) is 7.07. The fourth-order valence-electron chi connectivity index (χ4n) is 2.07. The molecule has 2 rings (SSSR count). The van der Waals surface area contributed by atoms with Crippen molar-refractivity contribution in [2.45, 2.75) is 18.0 Å². The first kappa shape index (κ1) is 18.9. The normalized spacial score (nSPS) is 12.0. The fraction of sp³-hybridized carbons (Fsp3) is 0.188. The Morgan fingerprint density at radius 1 is 1.04 bits per heavy atom.